The van der Waals surface area contributed by atoms with Crippen LogP contribution in [0.1, 0.15) is 13.8 Å². The summed E-state index contributed by atoms with van der Waals surface area (Å²) in [5, 5.41) is 6.88. The van der Waals surface area contributed by atoms with Crippen molar-refractivity contribution in [2.24, 2.45) is 5.92 Å². The maximum Gasteiger partial charge on any atom is 0.182 e. The van der Waals surface area contributed by atoms with Gasteiger partial charge in [0.15, 0.2) is 20.6 Å². The first-order chi connectivity index (χ1) is 7.27. The smallest absolute Gasteiger partial charge is 0.182 e. The van der Waals surface area contributed by atoms with Gasteiger partial charge in [0.2, 0.25) is 0 Å². The molecule has 16 heavy (non-hydrogen) atoms. The summed E-state index contributed by atoms with van der Waals surface area (Å²) in [4.78, 5) is 0.0793. The van der Waals surface area contributed by atoms with E-state index in [0.717, 1.165) is 6.26 Å². The molecule has 0 fully saturated rings. The molecule has 0 aliphatic carbocycles. The number of hydrogen-bond donors (Lipinski definition) is 2. The lowest BCUT2D eigenvalue weighted by Crippen LogP contribution is -2.10. The quantitative estimate of drug-likeness (QED) is 0.810. The van der Waals surface area contributed by atoms with E-state index in [-0.39, 0.29) is 10.7 Å². The number of aromatic nitrogens is 2. The van der Waals surface area contributed by atoms with Crippen LogP contribution < -0.4 is 11.1 Å². The van der Waals surface area contributed by atoms with Crippen molar-refractivity contribution in [3.05, 3.63) is 0 Å². The minimum Gasteiger partial charge on any atom is -0.383 e. The van der Waals surface area contributed by atoms with Gasteiger partial charge < -0.3 is 11.1 Å². The molecular weight excluding hydrogens is 228 g/mol. The molecule has 6 nitrogen and oxygen atoms in total. The van der Waals surface area contributed by atoms with Gasteiger partial charge in [0.1, 0.15) is 5.82 Å². The van der Waals surface area contributed by atoms with Gasteiger partial charge in [-0.05, 0) is 5.92 Å². The molecule has 0 unspecified atom stereocenters. The minimum absolute atomic E-state index is 0.0793. The number of nitrogens with one attached hydrogen (secondary N) is 1. The van der Waals surface area contributed by atoms with Crippen LogP contribution in [0.2, 0.25) is 0 Å². The lowest BCUT2D eigenvalue weighted by atomic mass is 10.2. The van der Waals surface area contributed by atoms with Gasteiger partial charge in [0.25, 0.3) is 0 Å². The zero-order chi connectivity index (χ0) is 12.5. The van der Waals surface area contributed by atoms with Crippen molar-refractivity contribution in [2.45, 2.75) is 25.3 Å². The molecule has 0 atom stereocenters. The summed E-state index contributed by atoms with van der Waals surface area (Å²) in [6.45, 7) is 4.62. The maximum absolute atomic E-state index is 11.6. The van der Waals surface area contributed by atoms with Crippen LogP contribution >= 0.6 is 0 Å². The van der Waals surface area contributed by atoms with Gasteiger partial charge in [0.05, 0.1) is 0 Å². The average molecular weight is 246 g/mol. The molecule has 0 spiro atoms. The summed E-state index contributed by atoms with van der Waals surface area (Å²) in [7, 11) is -1.74. The predicted octanol–water partition coefficient (Wildman–Crippen LogP) is 0.567. The largest absolute Gasteiger partial charge is 0.383 e. The molecule has 1 aromatic heterocycles. The Kier molecular flexibility index (Phi) is 3.47. The molecule has 0 amide bonds. The molecule has 0 aliphatic rings. The second kappa shape index (κ2) is 4.32. The Morgan fingerprint density at radius 2 is 2.06 bits per heavy atom. The molecule has 0 aromatic carbocycles. The summed E-state index contributed by atoms with van der Waals surface area (Å²) in [5.41, 5.74) is 5.80. The van der Waals surface area contributed by atoms with Crippen molar-refractivity contribution < 1.29 is 8.42 Å². The van der Waals surface area contributed by atoms with Crippen LogP contribution in [0.5, 0.6) is 0 Å². The van der Waals surface area contributed by atoms with Gasteiger partial charge in [-0.3, -0.25) is 0 Å². The minimum atomic E-state index is -3.36. The van der Waals surface area contributed by atoms with Crippen molar-refractivity contribution in [3.8, 4) is 0 Å². The van der Waals surface area contributed by atoms with Crippen LogP contribution in [0, 0.1) is 5.92 Å². The standard InChI is InChI=1S/C9H18N4O2S/c1-6(2)5-13-8(10)7(16(4,14)15)9(11-3)12-13/h6H,5,10H2,1-4H3,(H,11,12). The van der Waals surface area contributed by atoms with E-state index in [1.165, 1.54) is 4.68 Å². The molecule has 0 saturated carbocycles. The van der Waals surface area contributed by atoms with Gasteiger partial charge in [-0.15, -0.1) is 0 Å². The van der Waals surface area contributed by atoms with E-state index in [2.05, 4.69) is 10.4 Å². The summed E-state index contributed by atoms with van der Waals surface area (Å²) < 4.78 is 24.6. The number of nitrogens with two attached hydrogens (primary N) is 1. The van der Waals surface area contributed by atoms with Crippen LogP contribution in [0.3, 0.4) is 0 Å². The summed E-state index contributed by atoms with van der Waals surface area (Å²) in [6.07, 6.45) is 1.13. The van der Waals surface area contributed by atoms with E-state index in [1.54, 1.807) is 7.05 Å². The molecule has 1 aromatic rings. The fourth-order valence-electron chi connectivity index (χ4n) is 1.47. The molecule has 0 radical (unpaired) electrons. The first-order valence-corrected chi connectivity index (χ1v) is 6.90. The highest BCUT2D eigenvalue weighted by atomic mass is 32.2. The van der Waals surface area contributed by atoms with E-state index in [0.29, 0.717) is 18.3 Å². The Labute approximate surface area is 95.7 Å². The van der Waals surface area contributed by atoms with Crippen molar-refractivity contribution in [2.75, 3.05) is 24.4 Å². The normalized spacial score (nSPS) is 12.1. The Morgan fingerprint density at radius 1 is 1.50 bits per heavy atom. The molecule has 0 saturated heterocycles. The predicted molar refractivity (Wildman–Crippen MR) is 64.1 cm³/mol. The summed E-state index contributed by atoms with van der Waals surface area (Å²) >= 11 is 0. The van der Waals surface area contributed by atoms with Crippen LogP contribution in [0.4, 0.5) is 11.6 Å². The number of anilines is 2. The van der Waals surface area contributed by atoms with E-state index in [9.17, 15) is 8.42 Å². The molecule has 3 N–H and O–H groups in total. The highest BCUT2D eigenvalue weighted by Crippen LogP contribution is 2.27. The SMILES string of the molecule is CNc1nn(CC(C)C)c(N)c1S(C)(=O)=O. The molecule has 7 heteroatoms. The fraction of sp³-hybridized carbons (Fsp3) is 0.667. The van der Waals surface area contributed by atoms with E-state index >= 15 is 0 Å². The Hall–Kier alpha value is -1.24. The summed E-state index contributed by atoms with van der Waals surface area (Å²) in [5.74, 6) is 0.848. The van der Waals surface area contributed by atoms with Crippen LogP contribution in [0.15, 0.2) is 4.90 Å². The van der Waals surface area contributed by atoms with Crippen molar-refractivity contribution in [1.29, 1.82) is 0 Å². The zero-order valence-corrected chi connectivity index (χ0v) is 10.8. The lowest BCUT2D eigenvalue weighted by Gasteiger charge is -2.06. The number of nitrogens with zero attached hydrogens (tertiary/aromatic N) is 2. The van der Waals surface area contributed by atoms with E-state index in [4.69, 9.17) is 5.73 Å². The van der Waals surface area contributed by atoms with Crippen LogP contribution in [-0.2, 0) is 16.4 Å². The third-order valence-corrected chi connectivity index (χ3v) is 3.24. The van der Waals surface area contributed by atoms with Gasteiger partial charge in [-0.2, -0.15) is 5.10 Å². The highest BCUT2D eigenvalue weighted by molar-refractivity contribution is 7.91. The molecule has 92 valence electrons. The third kappa shape index (κ3) is 2.46. The number of sulfone groups is 1. The van der Waals surface area contributed by atoms with Gasteiger partial charge in [-0.25, -0.2) is 13.1 Å². The molecule has 1 heterocycles. The highest BCUT2D eigenvalue weighted by Gasteiger charge is 2.23. The number of rotatable bonds is 4. The second-order valence-electron chi connectivity index (χ2n) is 4.16. The Balaban J connectivity index is 3.33. The maximum atomic E-state index is 11.6. The van der Waals surface area contributed by atoms with Gasteiger partial charge in [-0.1, -0.05) is 13.8 Å². The molecule has 1 rings (SSSR count). The van der Waals surface area contributed by atoms with E-state index in [1.807, 2.05) is 13.8 Å². The Bertz CT molecular complexity index is 476. The first-order valence-electron chi connectivity index (χ1n) is 5.01. The fourth-order valence-corrected chi connectivity index (χ4v) is 2.45. The van der Waals surface area contributed by atoms with Gasteiger partial charge >= 0.3 is 0 Å². The topological polar surface area (TPSA) is 90.0 Å². The average Bonchev–Trinajstić information content (AvgIpc) is 2.41. The van der Waals surface area contributed by atoms with Crippen molar-refractivity contribution >= 4 is 21.5 Å². The van der Waals surface area contributed by atoms with Crippen LogP contribution in [0.25, 0.3) is 0 Å². The van der Waals surface area contributed by atoms with Crippen LogP contribution in [-0.4, -0.2) is 31.5 Å². The Morgan fingerprint density at radius 3 is 2.38 bits per heavy atom. The van der Waals surface area contributed by atoms with Crippen molar-refractivity contribution in [1.82, 2.24) is 9.78 Å². The lowest BCUT2D eigenvalue weighted by molar-refractivity contribution is 0.489. The second-order valence-corrected chi connectivity index (χ2v) is 6.11. The summed E-state index contributed by atoms with van der Waals surface area (Å²) in [6, 6.07) is 0. The molecule has 0 aliphatic heterocycles. The van der Waals surface area contributed by atoms with Gasteiger partial charge in [0, 0.05) is 19.8 Å². The van der Waals surface area contributed by atoms with Crippen molar-refractivity contribution in [3.63, 3.8) is 0 Å². The molecular formula is C9H18N4O2S. The number of hydrogen-bond acceptors (Lipinski definition) is 5. The van der Waals surface area contributed by atoms with E-state index < -0.39 is 9.84 Å². The monoisotopic (exact) mass is 246 g/mol. The third-order valence-electron chi connectivity index (χ3n) is 2.09. The molecule has 0 bridgehead atoms. The zero-order valence-electron chi connectivity index (χ0n) is 9.98. The number of nitrogen functional groups attached to an aromatic ring is 1. The first kappa shape index (κ1) is 12.8.